The van der Waals surface area contributed by atoms with Crippen LogP contribution in [0.1, 0.15) is 110 Å². The molecule has 1 aliphatic heterocycles. The Kier molecular flexibility index (Phi) is 11.5. The second-order valence-electron chi connectivity index (χ2n) is 13.3. The Morgan fingerprint density at radius 2 is 1.81 bits per heavy atom. The van der Waals surface area contributed by atoms with Crippen LogP contribution >= 0.6 is 0 Å². The summed E-state index contributed by atoms with van der Waals surface area (Å²) in [4.78, 5) is 36.7. The summed E-state index contributed by atoms with van der Waals surface area (Å²) in [5, 5.41) is 14.0. The van der Waals surface area contributed by atoms with Gasteiger partial charge in [0, 0.05) is 25.4 Å². The highest BCUT2D eigenvalue weighted by molar-refractivity contribution is 5.90. The molecule has 1 saturated carbocycles. The number of nitrogens with one attached hydrogen (secondary N) is 1. The minimum Gasteiger partial charge on any atom is -0.390 e. The van der Waals surface area contributed by atoms with Crippen molar-refractivity contribution in [1.82, 2.24) is 14.9 Å². The van der Waals surface area contributed by atoms with Crippen LogP contribution in [-0.2, 0) is 15.0 Å². The van der Waals surface area contributed by atoms with Gasteiger partial charge in [-0.3, -0.25) is 9.59 Å². The van der Waals surface area contributed by atoms with Crippen LogP contribution in [0, 0.1) is 17.8 Å². The van der Waals surface area contributed by atoms with E-state index in [0.29, 0.717) is 31.1 Å². The molecule has 2 aliphatic rings. The highest BCUT2D eigenvalue weighted by Gasteiger charge is 2.41. The van der Waals surface area contributed by atoms with Gasteiger partial charge >= 0.3 is 0 Å². The van der Waals surface area contributed by atoms with Crippen molar-refractivity contribution >= 4 is 17.5 Å². The maximum Gasteiger partial charge on any atom is 0.226 e. The number of aromatic nitrogens is 2. The third kappa shape index (κ3) is 8.62. The molecule has 1 saturated heterocycles. The summed E-state index contributed by atoms with van der Waals surface area (Å²) in [5.41, 5.74) is 1.40. The molecule has 2 N–H and O–H groups in total. The summed E-state index contributed by atoms with van der Waals surface area (Å²) in [6, 6.07) is 11.0. The zero-order valence-corrected chi connectivity index (χ0v) is 26.1. The fourth-order valence-corrected chi connectivity index (χ4v) is 7.55. The molecule has 1 aromatic carbocycles. The predicted octanol–water partition coefficient (Wildman–Crippen LogP) is 6.92. The molecular formula is C35H52N4O3. The maximum atomic E-state index is 14.0. The zero-order valence-electron chi connectivity index (χ0n) is 26.1. The van der Waals surface area contributed by atoms with Crippen LogP contribution in [0.4, 0.5) is 5.69 Å². The SMILES string of the molecule is CCCC(C)C[C@]1(c2ccccc2)CCCC(CC2(O)CCC2)C(C)C(=O)N(CCC(=O)Nc2cncnc2)CCC1. The molecule has 1 aliphatic carbocycles. The van der Waals surface area contributed by atoms with Gasteiger partial charge in [-0.15, -0.1) is 0 Å². The minimum absolute atomic E-state index is 0.0563. The second kappa shape index (κ2) is 15.1. The van der Waals surface area contributed by atoms with E-state index in [1.807, 2.05) is 4.90 Å². The van der Waals surface area contributed by atoms with E-state index in [1.165, 1.54) is 24.7 Å². The van der Waals surface area contributed by atoms with Crippen molar-refractivity contribution in [2.75, 3.05) is 18.4 Å². The normalized spacial score (nSPS) is 25.6. The van der Waals surface area contributed by atoms with Gasteiger partial charge in [-0.05, 0) is 80.6 Å². The number of benzene rings is 1. The highest BCUT2D eigenvalue weighted by atomic mass is 16.3. The van der Waals surface area contributed by atoms with E-state index in [4.69, 9.17) is 0 Å². The van der Waals surface area contributed by atoms with Gasteiger partial charge in [0.25, 0.3) is 0 Å². The minimum atomic E-state index is -0.631. The van der Waals surface area contributed by atoms with E-state index >= 15 is 0 Å². The molecule has 2 fully saturated rings. The number of aliphatic hydroxyl groups is 1. The van der Waals surface area contributed by atoms with Crippen molar-refractivity contribution < 1.29 is 14.7 Å². The lowest BCUT2D eigenvalue weighted by molar-refractivity contribution is -0.139. The van der Waals surface area contributed by atoms with Crippen molar-refractivity contribution in [2.45, 2.75) is 115 Å². The second-order valence-corrected chi connectivity index (χ2v) is 13.3. The average molecular weight is 577 g/mol. The lowest BCUT2D eigenvalue weighted by Crippen LogP contribution is -2.44. The van der Waals surface area contributed by atoms with Crippen LogP contribution in [-0.4, -0.2) is 50.5 Å². The third-order valence-electron chi connectivity index (χ3n) is 10.0. The van der Waals surface area contributed by atoms with Gasteiger partial charge in [-0.25, -0.2) is 9.97 Å². The van der Waals surface area contributed by atoms with Gasteiger partial charge in [-0.2, -0.15) is 0 Å². The Bertz CT molecular complexity index is 1120. The standard InChI is InChI=1S/C35H52N4O3/c1-4-11-27(2)22-34(30-13-6-5-7-14-30)16-8-12-29(23-35(42)18-9-19-35)28(3)33(41)39(20-10-17-34)21-15-32(40)38-31-24-36-26-37-25-31/h5-7,13-14,24-29,42H,4,8-12,15-23H2,1-3H3,(H,38,40)/t27?,28?,29?,34-/m0/s1. The summed E-state index contributed by atoms with van der Waals surface area (Å²) in [6.07, 6.45) is 16.8. The fourth-order valence-electron chi connectivity index (χ4n) is 7.55. The average Bonchev–Trinajstić information content (AvgIpc) is 2.99. The molecular weight excluding hydrogens is 524 g/mol. The Hall–Kier alpha value is -2.80. The maximum absolute atomic E-state index is 14.0. The van der Waals surface area contributed by atoms with Gasteiger partial charge in [-0.1, -0.05) is 70.4 Å². The topological polar surface area (TPSA) is 95.4 Å². The van der Waals surface area contributed by atoms with Crippen molar-refractivity contribution in [2.24, 2.45) is 17.8 Å². The number of hydrogen-bond acceptors (Lipinski definition) is 5. The van der Waals surface area contributed by atoms with E-state index in [9.17, 15) is 14.7 Å². The van der Waals surface area contributed by atoms with Gasteiger partial charge in [0.1, 0.15) is 6.33 Å². The first kappa shape index (κ1) is 32.1. The van der Waals surface area contributed by atoms with Crippen molar-refractivity contribution in [3.63, 3.8) is 0 Å². The summed E-state index contributed by atoms with van der Waals surface area (Å²) >= 11 is 0. The van der Waals surface area contributed by atoms with Crippen molar-refractivity contribution in [3.8, 4) is 0 Å². The molecule has 0 radical (unpaired) electrons. The molecule has 7 nitrogen and oxygen atoms in total. The van der Waals surface area contributed by atoms with Crippen LogP contribution in [0.2, 0.25) is 0 Å². The largest absolute Gasteiger partial charge is 0.390 e. The van der Waals surface area contributed by atoms with Crippen LogP contribution in [0.15, 0.2) is 49.1 Å². The Morgan fingerprint density at radius 3 is 2.48 bits per heavy atom. The number of carbonyl (C=O) groups is 2. The summed E-state index contributed by atoms with van der Waals surface area (Å²) in [5.74, 6) is 0.523. The molecule has 2 aromatic rings. The Balaban J connectivity index is 1.57. The fraction of sp³-hybridized carbons (Fsp3) is 0.657. The number of amides is 2. The first-order chi connectivity index (χ1) is 20.2. The lowest BCUT2D eigenvalue weighted by atomic mass is 9.66. The molecule has 0 bridgehead atoms. The number of carbonyl (C=O) groups excluding carboxylic acids is 2. The van der Waals surface area contributed by atoms with Gasteiger partial charge in [0.15, 0.2) is 0 Å². The van der Waals surface area contributed by atoms with E-state index in [2.05, 4.69) is 66.4 Å². The predicted molar refractivity (Wildman–Crippen MR) is 168 cm³/mol. The molecule has 42 heavy (non-hydrogen) atoms. The van der Waals surface area contributed by atoms with Crippen molar-refractivity contribution in [3.05, 3.63) is 54.6 Å². The van der Waals surface area contributed by atoms with Crippen LogP contribution in [0.5, 0.6) is 0 Å². The molecule has 230 valence electrons. The molecule has 0 spiro atoms. The number of anilines is 1. The summed E-state index contributed by atoms with van der Waals surface area (Å²) in [6.45, 7) is 7.73. The molecule has 3 unspecified atom stereocenters. The highest BCUT2D eigenvalue weighted by Crippen LogP contribution is 2.45. The monoisotopic (exact) mass is 576 g/mol. The van der Waals surface area contributed by atoms with Gasteiger partial charge in [0.05, 0.1) is 23.7 Å². The van der Waals surface area contributed by atoms with E-state index in [0.717, 1.165) is 57.8 Å². The molecule has 1 aromatic heterocycles. The molecule has 4 rings (SSSR count). The third-order valence-corrected chi connectivity index (χ3v) is 10.0. The van der Waals surface area contributed by atoms with E-state index in [1.54, 1.807) is 12.4 Å². The molecule has 2 heterocycles. The van der Waals surface area contributed by atoms with Crippen LogP contribution < -0.4 is 5.32 Å². The van der Waals surface area contributed by atoms with Crippen molar-refractivity contribution in [1.29, 1.82) is 0 Å². The smallest absolute Gasteiger partial charge is 0.226 e. The zero-order chi connectivity index (χ0) is 30.0. The van der Waals surface area contributed by atoms with Crippen LogP contribution in [0.25, 0.3) is 0 Å². The first-order valence-corrected chi connectivity index (χ1v) is 16.4. The quantitative estimate of drug-likeness (QED) is 0.303. The van der Waals surface area contributed by atoms with Crippen LogP contribution in [0.3, 0.4) is 0 Å². The van der Waals surface area contributed by atoms with E-state index < -0.39 is 5.60 Å². The van der Waals surface area contributed by atoms with Gasteiger partial charge < -0.3 is 15.3 Å². The van der Waals surface area contributed by atoms with Gasteiger partial charge in [0.2, 0.25) is 11.8 Å². The molecule has 7 heteroatoms. The Morgan fingerprint density at radius 1 is 1.10 bits per heavy atom. The molecule has 2 amide bonds. The lowest BCUT2D eigenvalue weighted by Gasteiger charge is -2.41. The van der Waals surface area contributed by atoms with E-state index in [-0.39, 0.29) is 35.5 Å². The number of rotatable bonds is 11. The molecule has 4 atom stereocenters. The first-order valence-electron chi connectivity index (χ1n) is 16.4. The number of hydrogen-bond donors (Lipinski definition) is 2. The Labute approximate surface area is 252 Å². The summed E-state index contributed by atoms with van der Waals surface area (Å²) < 4.78 is 0. The summed E-state index contributed by atoms with van der Waals surface area (Å²) in [7, 11) is 0. The number of nitrogens with zero attached hydrogens (tertiary/aromatic N) is 3.